The van der Waals surface area contributed by atoms with Gasteiger partial charge in [-0.25, -0.2) is 4.79 Å². The molecule has 0 aliphatic rings. The number of halogens is 2. The second-order valence-electron chi connectivity index (χ2n) is 6.18. The molecule has 0 atom stereocenters. The van der Waals surface area contributed by atoms with Gasteiger partial charge < -0.3 is 15.0 Å². The molecule has 0 saturated carbocycles. The Morgan fingerprint density at radius 1 is 1.41 bits per heavy atom. The summed E-state index contributed by atoms with van der Waals surface area (Å²) in [4.78, 5) is 13.4. The highest BCUT2D eigenvalue weighted by Gasteiger charge is 2.18. The Morgan fingerprint density at radius 3 is 2.68 bits per heavy atom. The van der Waals surface area contributed by atoms with Gasteiger partial charge in [-0.1, -0.05) is 17.7 Å². The second kappa shape index (κ2) is 8.75. The van der Waals surface area contributed by atoms with E-state index in [1.807, 2.05) is 39.0 Å². The maximum Gasteiger partial charge on any atom is 0.410 e. The van der Waals surface area contributed by atoms with E-state index in [1.54, 1.807) is 11.9 Å². The summed E-state index contributed by atoms with van der Waals surface area (Å²) in [5.74, 6) is 0. The van der Waals surface area contributed by atoms with Crippen LogP contribution >= 0.6 is 27.5 Å². The highest BCUT2D eigenvalue weighted by Crippen LogP contribution is 2.23. The topological polar surface area (TPSA) is 41.6 Å². The second-order valence-corrected chi connectivity index (χ2v) is 7.44. The summed E-state index contributed by atoms with van der Waals surface area (Å²) in [5, 5.41) is 4.05. The van der Waals surface area contributed by atoms with E-state index in [0.717, 1.165) is 29.5 Å². The Bertz CT molecular complexity index is 503. The lowest BCUT2D eigenvalue weighted by molar-refractivity contribution is 0.0297. The summed E-state index contributed by atoms with van der Waals surface area (Å²) in [7, 11) is 1.75. The molecule has 1 rings (SSSR count). The van der Waals surface area contributed by atoms with E-state index in [2.05, 4.69) is 21.2 Å². The normalized spacial score (nSPS) is 11.4. The molecule has 4 nitrogen and oxygen atoms in total. The molecule has 0 saturated heterocycles. The van der Waals surface area contributed by atoms with Crippen LogP contribution in [0.1, 0.15) is 32.8 Å². The Hall–Kier alpha value is -0.780. The predicted molar refractivity (Wildman–Crippen MR) is 94.3 cm³/mol. The van der Waals surface area contributed by atoms with Crippen molar-refractivity contribution in [2.75, 3.05) is 20.1 Å². The average Bonchev–Trinajstić information content (AvgIpc) is 2.40. The van der Waals surface area contributed by atoms with Crippen molar-refractivity contribution in [3.63, 3.8) is 0 Å². The van der Waals surface area contributed by atoms with Crippen LogP contribution in [0.5, 0.6) is 0 Å². The fourth-order valence-corrected chi connectivity index (χ4v) is 2.20. The summed E-state index contributed by atoms with van der Waals surface area (Å²) in [5.41, 5.74) is 0.679. The molecular weight excluding hydrogens is 368 g/mol. The van der Waals surface area contributed by atoms with E-state index in [4.69, 9.17) is 16.3 Å². The average molecular weight is 392 g/mol. The third-order valence-corrected chi connectivity index (χ3v) is 4.10. The first-order chi connectivity index (χ1) is 10.2. The zero-order valence-corrected chi connectivity index (χ0v) is 15.9. The van der Waals surface area contributed by atoms with Crippen LogP contribution in [0.4, 0.5) is 4.79 Å². The zero-order chi connectivity index (χ0) is 16.8. The van der Waals surface area contributed by atoms with Crippen molar-refractivity contribution in [2.24, 2.45) is 0 Å². The van der Waals surface area contributed by atoms with Crippen LogP contribution in [0.25, 0.3) is 0 Å². The van der Waals surface area contributed by atoms with Gasteiger partial charge in [0.15, 0.2) is 0 Å². The number of rotatable bonds is 6. The lowest BCUT2D eigenvalue weighted by Gasteiger charge is -2.24. The van der Waals surface area contributed by atoms with Crippen molar-refractivity contribution in [3.8, 4) is 0 Å². The number of hydrogen-bond donors (Lipinski definition) is 1. The molecule has 1 N–H and O–H groups in total. The van der Waals surface area contributed by atoms with Gasteiger partial charge >= 0.3 is 6.09 Å². The van der Waals surface area contributed by atoms with Gasteiger partial charge in [-0.05, 0) is 67.4 Å². The minimum Gasteiger partial charge on any atom is -0.444 e. The largest absolute Gasteiger partial charge is 0.444 e. The van der Waals surface area contributed by atoms with E-state index < -0.39 is 5.60 Å². The van der Waals surface area contributed by atoms with Crippen LogP contribution in [0, 0.1) is 0 Å². The van der Waals surface area contributed by atoms with Gasteiger partial charge in [0, 0.05) is 24.6 Å². The van der Waals surface area contributed by atoms with Crippen molar-refractivity contribution < 1.29 is 9.53 Å². The molecule has 0 aliphatic heterocycles. The number of hydrogen-bond acceptors (Lipinski definition) is 3. The van der Waals surface area contributed by atoms with Crippen molar-refractivity contribution in [2.45, 2.75) is 39.3 Å². The maximum absolute atomic E-state index is 11.8. The summed E-state index contributed by atoms with van der Waals surface area (Å²) in [6.45, 7) is 7.82. The number of amides is 1. The van der Waals surface area contributed by atoms with Gasteiger partial charge in [-0.15, -0.1) is 0 Å². The minimum atomic E-state index is -0.454. The third-order valence-electron chi connectivity index (χ3n) is 2.87. The SMILES string of the molecule is CN(CCCNCc1ccc(Br)c(Cl)c1)C(=O)OC(C)(C)C. The van der Waals surface area contributed by atoms with Gasteiger partial charge in [0.25, 0.3) is 0 Å². The van der Waals surface area contributed by atoms with Crippen LogP contribution < -0.4 is 5.32 Å². The van der Waals surface area contributed by atoms with Crippen LogP contribution in [0.15, 0.2) is 22.7 Å². The molecule has 124 valence electrons. The Balaban J connectivity index is 2.22. The molecule has 0 bridgehead atoms. The van der Waals surface area contributed by atoms with Gasteiger partial charge in [0.05, 0.1) is 5.02 Å². The van der Waals surface area contributed by atoms with E-state index in [0.29, 0.717) is 11.6 Å². The van der Waals surface area contributed by atoms with Crippen molar-refractivity contribution in [1.82, 2.24) is 10.2 Å². The standard InChI is InChI=1S/C16H24BrClN2O2/c1-16(2,3)22-15(21)20(4)9-5-8-19-11-12-6-7-13(17)14(18)10-12/h6-7,10,19H,5,8-9,11H2,1-4H3. The summed E-state index contributed by atoms with van der Waals surface area (Å²) >= 11 is 9.42. The van der Waals surface area contributed by atoms with Crippen LogP contribution in [0.2, 0.25) is 5.02 Å². The highest BCUT2D eigenvalue weighted by atomic mass is 79.9. The number of carbonyl (C=O) groups is 1. The van der Waals surface area contributed by atoms with Gasteiger partial charge in [-0.3, -0.25) is 0 Å². The first-order valence-electron chi connectivity index (χ1n) is 7.28. The molecule has 0 fully saturated rings. The molecule has 1 aromatic carbocycles. The molecule has 22 heavy (non-hydrogen) atoms. The molecule has 0 spiro atoms. The Morgan fingerprint density at radius 2 is 2.09 bits per heavy atom. The van der Waals surface area contributed by atoms with E-state index in [1.165, 1.54) is 0 Å². The van der Waals surface area contributed by atoms with E-state index in [-0.39, 0.29) is 6.09 Å². The summed E-state index contributed by atoms with van der Waals surface area (Å²) < 4.78 is 6.20. The monoisotopic (exact) mass is 390 g/mol. The molecule has 1 amide bonds. The van der Waals surface area contributed by atoms with Gasteiger partial charge in [0.1, 0.15) is 5.60 Å². The molecular formula is C16H24BrClN2O2. The molecule has 0 radical (unpaired) electrons. The van der Waals surface area contributed by atoms with Crippen molar-refractivity contribution >= 4 is 33.6 Å². The molecule has 0 heterocycles. The number of ether oxygens (including phenoxy) is 1. The Labute approximate surface area is 146 Å². The fourth-order valence-electron chi connectivity index (χ4n) is 1.75. The smallest absolute Gasteiger partial charge is 0.410 e. The fraction of sp³-hybridized carbons (Fsp3) is 0.562. The van der Waals surface area contributed by atoms with Crippen LogP contribution in [0.3, 0.4) is 0 Å². The van der Waals surface area contributed by atoms with Crippen LogP contribution in [-0.2, 0) is 11.3 Å². The third kappa shape index (κ3) is 7.47. The number of benzene rings is 1. The lowest BCUT2D eigenvalue weighted by Crippen LogP contribution is -2.35. The summed E-state index contributed by atoms with van der Waals surface area (Å²) in [6.07, 6.45) is 0.576. The summed E-state index contributed by atoms with van der Waals surface area (Å²) in [6, 6.07) is 5.90. The first-order valence-corrected chi connectivity index (χ1v) is 8.45. The van der Waals surface area contributed by atoms with E-state index >= 15 is 0 Å². The quantitative estimate of drug-likeness (QED) is 0.728. The molecule has 6 heteroatoms. The number of carbonyl (C=O) groups excluding carboxylic acids is 1. The zero-order valence-electron chi connectivity index (χ0n) is 13.6. The van der Waals surface area contributed by atoms with Gasteiger partial charge in [-0.2, -0.15) is 0 Å². The van der Waals surface area contributed by atoms with Crippen LogP contribution in [-0.4, -0.2) is 36.7 Å². The highest BCUT2D eigenvalue weighted by molar-refractivity contribution is 9.10. The lowest BCUT2D eigenvalue weighted by atomic mass is 10.2. The van der Waals surface area contributed by atoms with Gasteiger partial charge in [0.2, 0.25) is 0 Å². The first kappa shape index (κ1) is 19.3. The maximum atomic E-state index is 11.8. The molecule has 0 aromatic heterocycles. The number of nitrogens with one attached hydrogen (secondary N) is 1. The van der Waals surface area contributed by atoms with Crippen molar-refractivity contribution in [1.29, 1.82) is 0 Å². The molecule has 0 aliphatic carbocycles. The van der Waals surface area contributed by atoms with E-state index in [9.17, 15) is 4.79 Å². The number of nitrogens with zero attached hydrogens (tertiary/aromatic N) is 1. The molecule has 0 unspecified atom stereocenters. The Kier molecular flexibility index (Phi) is 7.66. The minimum absolute atomic E-state index is 0.285. The van der Waals surface area contributed by atoms with Crippen molar-refractivity contribution in [3.05, 3.63) is 33.3 Å². The molecule has 1 aromatic rings. The predicted octanol–water partition coefficient (Wildman–Crippen LogP) is 4.45.